The van der Waals surface area contributed by atoms with Gasteiger partial charge in [0.1, 0.15) is 15.9 Å². The van der Waals surface area contributed by atoms with Crippen molar-refractivity contribution in [3.8, 4) is 0 Å². The molecule has 0 saturated heterocycles. The van der Waals surface area contributed by atoms with Crippen LogP contribution in [0.25, 0.3) is 0 Å². The first kappa shape index (κ1) is 9.92. The molecular formula is C10H8FN3S. The first-order valence-electron chi connectivity index (χ1n) is 4.25. The van der Waals surface area contributed by atoms with Crippen molar-refractivity contribution in [1.29, 1.82) is 0 Å². The van der Waals surface area contributed by atoms with E-state index in [2.05, 4.69) is 9.97 Å². The fourth-order valence-corrected chi connectivity index (χ4v) is 1.75. The van der Waals surface area contributed by atoms with Crippen molar-refractivity contribution in [3.63, 3.8) is 0 Å². The molecule has 0 atom stereocenters. The van der Waals surface area contributed by atoms with E-state index in [1.807, 2.05) is 0 Å². The summed E-state index contributed by atoms with van der Waals surface area (Å²) in [4.78, 5) is 8.01. The van der Waals surface area contributed by atoms with E-state index in [9.17, 15) is 4.39 Å². The molecule has 2 aromatic rings. The van der Waals surface area contributed by atoms with Crippen LogP contribution in [0.1, 0.15) is 0 Å². The van der Waals surface area contributed by atoms with Gasteiger partial charge in [0.05, 0.1) is 11.9 Å². The first-order valence-corrected chi connectivity index (χ1v) is 5.07. The summed E-state index contributed by atoms with van der Waals surface area (Å²) in [6.45, 7) is 0. The van der Waals surface area contributed by atoms with E-state index < -0.39 is 0 Å². The molecule has 0 saturated carbocycles. The maximum atomic E-state index is 12.6. The van der Waals surface area contributed by atoms with Gasteiger partial charge in [-0.2, -0.15) is 0 Å². The SMILES string of the molecule is Nc1cccnc1Sc1ccc(F)cn1. The second-order valence-corrected chi connectivity index (χ2v) is 3.82. The Morgan fingerprint density at radius 2 is 2.07 bits per heavy atom. The van der Waals surface area contributed by atoms with E-state index in [1.54, 1.807) is 24.4 Å². The summed E-state index contributed by atoms with van der Waals surface area (Å²) in [5.41, 5.74) is 6.30. The van der Waals surface area contributed by atoms with Crippen LogP contribution in [-0.4, -0.2) is 9.97 Å². The van der Waals surface area contributed by atoms with Gasteiger partial charge in [-0.05, 0) is 36.0 Å². The number of rotatable bonds is 2. The van der Waals surface area contributed by atoms with Crippen molar-refractivity contribution >= 4 is 17.4 Å². The Kier molecular flexibility index (Phi) is 2.82. The molecule has 0 unspecified atom stereocenters. The molecule has 0 bridgehead atoms. The number of hydrogen-bond acceptors (Lipinski definition) is 4. The number of nitrogens with zero attached hydrogens (tertiary/aromatic N) is 2. The van der Waals surface area contributed by atoms with E-state index in [-0.39, 0.29) is 5.82 Å². The van der Waals surface area contributed by atoms with Crippen LogP contribution in [-0.2, 0) is 0 Å². The van der Waals surface area contributed by atoms with Gasteiger partial charge in [-0.1, -0.05) is 0 Å². The number of nitrogen functional groups attached to an aromatic ring is 1. The van der Waals surface area contributed by atoms with Crippen LogP contribution in [0.15, 0.2) is 46.7 Å². The molecule has 5 heteroatoms. The lowest BCUT2D eigenvalue weighted by Crippen LogP contribution is -1.91. The minimum absolute atomic E-state index is 0.353. The van der Waals surface area contributed by atoms with Crippen LogP contribution < -0.4 is 5.73 Å². The average molecular weight is 221 g/mol. The maximum absolute atomic E-state index is 12.6. The van der Waals surface area contributed by atoms with Crippen LogP contribution >= 0.6 is 11.8 Å². The molecule has 0 amide bonds. The van der Waals surface area contributed by atoms with E-state index in [0.717, 1.165) is 0 Å². The molecule has 0 aliphatic rings. The Hall–Kier alpha value is -1.62. The second kappa shape index (κ2) is 4.27. The first-order chi connectivity index (χ1) is 7.25. The van der Waals surface area contributed by atoms with Crippen LogP contribution in [0.4, 0.5) is 10.1 Å². The summed E-state index contributed by atoms with van der Waals surface area (Å²) in [5, 5.41) is 1.35. The third kappa shape index (κ3) is 2.44. The van der Waals surface area contributed by atoms with Crippen molar-refractivity contribution in [2.45, 2.75) is 10.1 Å². The standard InChI is InChI=1S/C10H8FN3S/c11-7-3-4-9(14-6-7)15-10-8(12)2-1-5-13-10/h1-6H,12H2. The third-order valence-electron chi connectivity index (χ3n) is 1.70. The lowest BCUT2D eigenvalue weighted by atomic mass is 10.4. The number of nitrogens with two attached hydrogens (primary N) is 1. The lowest BCUT2D eigenvalue weighted by molar-refractivity contribution is 0.618. The van der Waals surface area contributed by atoms with Gasteiger partial charge < -0.3 is 5.73 Å². The van der Waals surface area contributed by atoms with Crippen LogP contribution in [0, 0.1) is 5.82 Å². The molecule has 2 aromatic heterocycles. The van der Waals surface area contributed by atoms with E-state index in [1.165, 1.54) is 24.0 Å². The highest BCUT2D eigenvalue weighted by atomic mass is 32.2. The predicted molar refractivity (Wildman–Crippen MR) is 57.0 cm³/mol. The van der Waals surface area contributed by atoms with Gasteiger partial charge in [0.25, 0.3) is 0 Å². The third-order valence-corrected chi connectivity index (χ3v) is 2.69. The smallest absolute Gasteiger partial charge is 0.141 e. The van der Waals surface area contributed by atoms with Crippen molar-refractivity contribution < 1.29 is 4.39 Å². The Morgan fingerprint density at radius 3 is 2.73 bits per heavy atom. The minimum Gasteiger partial charge on any atom is -0.397 e. The number of pyridine rings is 2. The highest BCUT2D eigenvalue weighted by Gasteiger charge is 2.03. The molecule has 2 heterocycles. The molecule has 2 N–H and O–H groups in total. The molecule has 0 aliphatic carbocycles. The molecule has 3 nitrogen and oxygen atoms in total. The average Bonchev–Trinajstić information content (AvgIpc) is 2.25. The molecule has 76 valence electrons. The van der Waals surface area contributed by atoms with Gasteiger partial charge >= 0.3 is 0 Å². The molecule has 0 aliphatic heterocycles. The monoisotopic (exact) mass is 221 g/mol. The summed E-state index contributed by atoms with van der Waals surface area (Å²) in [7, 11) is 0. The summed E-state index contributed by atoms with van der Waals surface area (Å²) >= 11 is 1.31. The zero-order chi connectivity index (χ0) is 10.7. The van der Waals surface area contributed by atoms with Crippen LogP contribution in [0.5, 0.6) is 0 Å². The zero-order valence-electron chi connectivity index (χ0n) is 7.72. The van der Waals surface area contributed by atoms with Crippen molar-refractivity contribution in [2.75, 3.05) is 5.73 Å². The largest absolute Gasteiger partial charge is 0.397 e. The van der Waals surface area contributed by atoms with Gasteiger partial charge in [0, 0.05) is 6.20 Å². The van der Waals surface area contributed by atoms with Gasteiger partial charge in [0.2, 0.25) is 0 Å². The number of halogens is 1. The second-order valence-electron chi connectivity index (χ2n) is 2.81. The lowest BCUT2D eigenvalue weighted by Gasteiger charge is -2.02. The van der Waals surface area contributed by atoms with Gasteiger partial charge in [0.15, 0.2) is 0 Å². The Bertz CT molecular complexity index is 458. The van der Waals surface area contributed by atoms with E-state index in [0.29, 0.717) is 15.7 Å². The summed E-state index contributed by atoms with van der Waals surface area (Å²) in [5.74, 6) is -0.353. The number of hydrogen-bond donors (Lipinski definition) is 1. The highest BCUT2D eigenvalue weighted by molar-refractivity contribution is 7.99. The van der Waals surface area contributed by atoms with Gasteiger partial charge in [-0.15, -0.1) is 0 Å². The Morgan fingerprint density at radius 1 is 1.20 bits per heavy atom. The maximum Gasteiger partial charge on any atom is 0.141 e. The van der Waals surface area contributed by atoms with E-state index in [4.69, 9.17) is 5.73 Å². The normalized spacial score (nSPS) is 10.2. The fraction of sp³-hybridized carbons (Fsp3) is 0. The van der Waals surface area contributed by atoms with Crippen LogP contribution in [0.3, 0.4) is 0 Å². The Balaban J connectivity index is 2.22. The molecule has 0 radical (unpaired) electrons. The van der Waals surface area contributed by atoms with E-state index >= 15 is 0 Å². The highest BCUT2D eigenvalue weighted by Crippen LogP contribution is 2.27. The molecule has 0 fully saturated rings. The molecular weight excluding hydrogens is 213 g/mol. The quantitative estimate of drug-likeness (QED) is 0.845. The summed E-state index contributed by atoms with van der Waals surface area (Å²) < 4.78 is 12.6. The number of aromatic nitrogens is 2. The summed E-state index contributed by atoms with van der Waals surface area (Å²) in [6.07, 6.45) is 2.82. The molecule has 2 rings (SSSR count). The van der Waals surface area contributed by atoms with Crippen molar-refractivity contribution in [1.82, 2.24) is 9.97 Å². The van der Waals surface area contributed by atoms with Crippen molar-refractivity contribution in [2.24, 2.45) is 0 Å². The Labute approximate surface area is 90.6 Å². The van der Waals surface area contributed by atoms with Gasteiger partial charge in [-0.25, -0.2) is 14.4 Å². The minimum atomic E-state index is -0.353. The summed E-state index contributed by atoms with van der Waals surface area (Å²) in [6, 6.07) is 6.47. The van der Waals surface area contributed by atoms with Crippen molar-refractivity contribution in [3.05, 3.63) is 42.5 Å². The van der Waals surface area contributed by atoms with Gasteiger partial charge in [-0.3, -0.25) is 0 Å². The zero-order valence-corrected chi connectivity index (χ0v) is 8.54. The topological polar surface area (TPSA) is 51.8 Å². The molecule has 15 heavy (non-hydrogen) atoms. The fourth-order valence-electron chi connectivity index (χ4n) is 1.01. The molecule has 0 spiro atoms. The van der Waals surface area contributed by atoms with Crippen LogP contribution in [0.2, 0.25) is 0 Å². The number of anilines is 1. The molecule has 0 aromatic carbocycles. The predicted octanol–water partition coefficient (Wildman–Crippen LogP) is 2.35.